The van der Waals surface area contributed by atoms with Gasteiger partial charge in [0.2, 0.25) is 0 Å². The molecule has 0 aliphatic carbocycles. The highest BCUT2D eigenvalue weighted by atomic mass is 35.5. The van der Waals surface area contributed by atoms with Crippen molar-refractivity contribution in [2.24, 2.45) is 5.84 Å². The summed E-state index contributed by atoms with van der Waals surface area (Å²) >= 11 is 5.81. The normalized spacial score (nSPS) is 10.8. The molecule has 0 fully saturated rings. The average molecular weight is 243 g/mol. The van der Waals surface area contributed by atoms with E-state index in [0.717, 1.165) is 12.3 Å². The van der Waals surface area contributed by atoms with Crippen LogP contribution in [0.25, 0.3) is 5.65 Å². The number of hydrazine groups is 1. The number of aromatic nitrogens is 2. The molecule has 0 spiro atoms. The molecular weight excluding hydrogens is 235 g/mol. The van der Waals surface area contributed by atoms with Crippen LogP contribution in [-0.2, 0) is 0 Å². The van der Waals surface area contributed by atoms with Crippen LogP contribution in [0.15, 0.2) is 12.3 Å². The lowest BCUT2D eigenvalue weighted by atomic mass is 10.3. The van der Waals surface area contributed by atoms with Gasteiger partial charge in [-0.2, -0.15) is 0 Å². The van der Waals surface area contributed by atoms with Gasteiger partial charge >= 0.3 is 0 Å². The molecule has 0 radical (unpaired) electrons. The Morgan fingerprint density at radius 2 is 2.38 bits per heavy atom. The third-order valence-electron chi connectivity index (χ3n) is 2.16. The number of rotatable bonds is 1. The van der Waals surface area contributed by atoms with Crippen LogP contribution < -0.4 is 11.3 Å². The third-order valence-corrected chi connectivity index (χ3v) is 2.44. The highest BCUT2D eigenvalue weighted by Crippen LogP contribution is 2.21. The number of fused-ring (bicyclic) bond motifs is 1. The van der Waals surface area contributed by atoms with Gasteiger partial charge in [-0.15, -0.1) is 0 Å². The number of nitrogens with zero attached hydrogens (tertiary/aromatic N) is 2. The fourth-order valence-electron chi connectivity index (χ4n) is 1.53. The molecule has 1 amide bonds. The molecule has 0 saturated carbocycles. The maximum absolute atomic E-state index is 13.2. The summed E-state index contributed by atoms with van der Waals surface area (Å²) in [6.45, 7) is 1.62. The number of nitrogens with one attached hydrogen (secondary N) is 1. The second kappa shape index (κ2) is 3.73. The van der Waals surface area contributed by atoms with E-state index in [0.29, 0.717) is 11.3 Å². The summed E-state index contributed by atoms with van der Waals surface area (Å²) in [5.74, 6) is 3.93. The van der Waals surface area contributed by atoms with Gasteiger partial charge in [-0.3, -0.25) is 14.6 Å². The van der Waals surface area contributed by atoms with E-state index < -0.39 is 11.7 Å². The van der Waals surface area contributed by atoms with E-state index in [1.54, 1.807) is 6.92 Å². The largest absolute Gasteiger partial charge is 0.291 e. The minimum atomic E-state index is -0.555. The Hall–Kier alpha value is -1.66. The molecule has 2 heterocycles. The van der Waals surface area contributed by atoms with Crippen molar-refractivity contribution in [1.29, 1.82) is 0 Å². The predicted molar refractivity (Wildman–Crippen MR) is 56.6 cm³/mol. The molecule has 16 heavy (non-hydrogen) atoms. The van der Waals surface area contributed by atoms with E-state index in [2.05, 4.69) is 4.98 Å². The van der Waals surface area contributed by atoms with Crippen molar-refractivity contribution in [3.05, 3.63) is 34.5 Å². The number of halogens is 2. The maximum Gasteiger partial charge on any atom is 0.284 e. The van der Waals surface area contributed by atoms with Crippen molar-refractivity contribution in [2.75, 3.05) is 0 Å². The molecule has 2 aromatic rings. The van der Waals surface area contributed by atoms with E-state index >= 15 is 0 Å². The molecular formula is C9H8ClFN4O. The number of carbonyl (C=O) groups is 1. The summed E-state index contributed by atoms with van der Waals surface area (Å²) in [6, 6.07) is 1.13. The Kier molecular flexibility index (Phi) is 2.53. The van der Waals surface area contributed by atoms with Gasteiger partial charge in [0.05, 0.1) is 10.7 Å². The first kappa shape index (κ1) is 10.8. The van der Waals surface area contributed by atoms with Gasteiger partial charge in [0.1, 0.15) is 11.5 Å². The Morgan fingerprint density at radius 1 is 1.69 bits per heavy atom. The second-order valence-corrected chi connectivity index (χ2v) is 3.63. The Bertz CT molecular complexity index is 580. The molecule has 2 rings (SSSR count). The second-order valence-electron chi connectivity index (χ2n) is 3.22. The number of aryl methyl sites for hydroxylation is 1. The van der Waals surface area contributed by atoms with Crippen LogP contribution >= 0.6 is 11.6 Å². The van der Waals surface area contributed by atoms with Gasteiger partial charge in [0.15, 0.2) is 5.65 Å². The van der Waals surface area contributed by atoms with Crippen LogP contribution in [0, 0.1) is 12.7 Å². The molecule has 3 N–H and O–H groups in total. The van der Waals surface area contributed by atoms with Crippen LogP contribution in [0.2, 0.25) is 5.02 Å². The standard InChI is InChI=1S/C9H8ClFN4O/c1-4-7(9(16)14-12)15-3-5(11)2-6(10)8(15)13-4/h2-3H,12H2,1H3,(H,14,16). The maximum atomic E-state index is 13.2. The third kappa shape index (κ3) is 1.52. The van der Waals surface area contributed by atoms with Crippen molar-refractivity contribution < 1.29 is 9.18 Å². The molecule has 2 aromatic heterocycles. The van der Waals surface area contributed by atoms with Crippen molar-refractivity contribution in [2.45, 2.75) is 6.92 Å². The van der Waals surface area contributed by atoms with Crippen molar-refractivity contribution in [1.82, 2.24) is 14.8 Å². The van der Waals surface area contributed by atoms with E-state index in [4.69, 9.17) is 17.4 Å². The number of nitrogens with two attached hydrogens (primary N) is 1. The van der Waals surface area contributed by atoms with Crippen LogP contribution in [0.5, 0.6) is 0 Å². The predicted octanol–water partition coefficient (Wildman–Crippen LogP) is 1.04. The van der Waals surface area contributed by atoms with Crippen molar-refractivity contribution in [3.63, 3.8) is 0 Å². The minimum absolute atomic E-state index is 0.138. The van der Waals surface area contributed by atoms with Crippen molar-refractivity contribution in [3.8, 4) is 0 Å². The lowest BCUT2D eigenvalue weighted by Gasteiger charge is -2.02. The molecule has 0 bridgehead atoms. The minimum Gasteiger partial charge on any atom is -0.291 e. The van der Waals surface area contributed by atoms with E-state index in [-0.39, 0.29) is 10.7 Å². The number of imidazole rings is 1. The smallest absolute Gasteiger partial charge is 0.284 e. The first-order chi connectivity index (χ1) is 7.54. The average Bonchev–Trinajstić information content (AvgIpc) is 2.54. The quantitative estimate of drug-likeness (QED) is 0.446. The fraction of sp³-hybridized carbons (Fsp3) is 0.111. The summed E-state index contributed by atoms with van der Waals surface area (Å²) in [5, 5.41) is 0.138. The number of hydrogen-bond acceptors (Lipinski definition) is 3. The molecule has 0 unspecified atom stereocenters. The highest BCUT2D eigenvalue weighted by molar-refractivity contribution is 6.33. The number of pyridine rings is 1. The lowest BCUT2D eigenvalue weighted by molar-refractivity contribution is 0.0947. The summed E-state index contributed by atoms with van der Waals surface area (Å²) < 4.78 is 14.4. The molecule has 0 saturated heterocycles. The zero-order valence-corrected chi connectivity index (χ0v) is 9.05. The van der Waals surface area contributed by atoms with Crippen LogP contribution in [0.3, 0.4) is 0 Å². The van der Waals surface area contributed by atoms with Gasteiger partial charge in [-0.25, -0.2) is 15.2 Å². The van der Waals surface area contributed by atoms with Gasteiger partial charge in [-0.1, -0.05) is 11.6 Å². The van der Waals surface area contributed by atoms with Gasteiger partial charge < -0.3 is 0 Å². The van der Waals surface area contributed by atoms with Crippen LogP contribution in [0.4, 0.5) is 4.39 Å². The number of nitrogen functional groups attached to an aromatic ring is 1. The Morgan fingerprint density at radius 3 is 3.00 bits per heavy atom. The number of hydrogen-bond donors (Lipinski definition) is 2. The topological polar surface area (TPSA) is 72.4 Å². The Labute approximate surface area is 95.0 Å². The molecule has 0 atom stereocenters. The molecule has 0 aliphatic rings. The molecule has 7 heteroatoms. The van der Waals surface area contributed by atoms with Gasteiger partial charge in [0, 0.05) is 6.20 Å². The van der Waals surface area contributed by atoms with E-state index in [1.807, 2.05) is 5.43 Å². The monoisotopic (exact) mass is 242 g/mol. The zero-order valence-electron chi connectivity index (χ0n) is 8.29. The summed E-state index contributed by atoms with van der Waals surface area (Å²) in [5.41, 5.74) is 2.88. The summed E-state index contributed by atoms with van der Waals surface area (Å²) in [4.78, 5) is 15.5. The summed E-state index contributed by atoms with van der Waals surface area (Å²) in [7, 11) is 0. The Balaban J connectivity index is 2.83. The van der Waals surface area contributed by atoms with E-state index in [9.17, 15) is 9.18 Å². The first-order valence-electron chi connectivity index (χ1n) is 4.39. The first-order valence-corrected chi connectivity index (χ1v) is 4.77. The number of amides is 1. The van der Waals surface area contributed by atoms with E-state index in [1.165, 1.54) is 4.40 Å². The lowest BCUT2D eigenvalue weighted by Crippen LogP contribution is -2.31. The van der Waals surface area contributed by atoms with Crippen LogP contribution in [0.1, 0.15) is 16.2 Å². The molecule has 84 valence electrons. The molecule has 0 aliphatic heterocycles. The van der Waals surface area contributed by atoms with Gasteiger partial charge in [0.25, 0.3) is 5.91 Å². The highest BCUT2D eigenvalue weighted by Gasteiger charge is 2.17. The summed E-state index contributed by atoms with van der Waals surface area (Å²) in [6.07, 6.45) is 1.13. The van der Waals surface area contributed by atoms with Gasteiger partial charge in [-0.05, 0) is 13.0 Å². The van der Waals surface area contributed by atoms with Crippen LogP contribution in [-0.4, -0.2) is 15.3 Å². The molecule has 5 nitrogen and oxygen atoms in total. The zero-order chi connectivity index (χ0) is 11.9. The SMILES string of the molecule is Cc1nc2c(Cl)cc(F)cn2c1C(=O)NN. The van der Waals surface area contributed by atoms with Crippen molar-refractivity contribution >= 4 is 23.2 Å². The fourth-order valence-corrected chi connectivity index (χ4v) is 1.77. The molecule has 0 aromatic carbocycles. The number of carbonyl (C=O) groups excluding carboxylic acids is 1.